The topological polar surface area (TPSA) is 55.4 Å². The van der Waals surface area contributed by atoms with Gasteiger partial charge in [0.05, 0.1) is 0 Å². The quantitative estimate of drug-likeness (QED) is 0.837. The number of esters is 1. The van der Waals surface area contributed by atoms with Crippen LogP contribution in [0.2, 0.25) is 5.02 Å². The minimum Gasteiger partial charge on any atom is -0.451 e. The molecule has 4 nitrogen and oxygen atoms in total. The summed E-state index contributed by atoms with van der Waals surface area (Å²) in [6.07, 6.45) is 0.874. The lowest BCUT2D eigenvalue weighted by Gasteiger charge is -2.06. The number of carbonyl (C=O) groups is 2. The number of hydrogen-bond acceptors (Lipinski definition) is 4. The standard InChI is InChI=1S/C16H16ClNO3S/c1-3-13-10(2)7-14(22-13)16(20)21-9-15(19)18-12-6-4-5-11(17)8-12/h4-8H,3,9H2,1-2H3,(H,18,19). The highest BCUT2D eigenvalue weighted by atomic mass is 35.5. The summed E-state index contributed by atoms with van der Waals surface area (Å²) in [5.74, 6) is -0.881. The van der Waals surface area contributed by atoms with Crippen LogP contribution in [0.3, 0.4) is 0 Å². The molecule has 1 amide bonds. The second kappa shape index (κ2) is 7.42. The zero-order valence-corrected chi connectivity index (χ0v) is 13.9. The number of thiophene rings is 1. The van der Waals surface area contributed by atoms with Crippen molar-refractivity contribution in [3.63, 3.8) is 0 Å². The first kappa shape index (κ1) is 16.5. The molecule has 1 aromatic heterocycles. The van der Waals surface area contributed by atoms with E-state index in [4.69, 9.17) is 16.3 Å². The molecule has 6 heteroatoms. The molecule has 0 saturated carbocycles. The molecule has 0 unspecified atom stereocenters. The predicted molar refractivity (Wildman–Crippen MR) is 88.8 cm³/mol. The minimum absolute atomic E-state index is 0.330. The summed E-state index contributed by atoms with van der Waals surface area (Å²) in [4.78, 5) is 25.4. The van der Waals surface area contributed by atoms with E-state index in [1.165, 1.54) is 11.3 Å². The van der Waals surface area contributed by atoms with Crippen LogP contribution in [0.1, 0.15) is 27.0 Å². The van der Waals surface area contributed by atoms with Crippen molar-refractivity contribution in [3.8, 4) is 0 Å². The second-order valence-electron chi connectivity index (χ2n) is 4.71. The van der Waals surface area contributed by atoms with Gasteiger partial charge in [-0.2, -0.15) is 0 Å². The van der Waals surface area contributed by atoms with Gasteiger partial charge in [-0.05, 0) is 43.2 Å². The molecule has 0 saturated heterocycles. The van der Waals surface area contributed by atoms with Crippen LogP contribution in [0, 0.1) is 6.92 Å². The van der Waals surface area contributed by atoms with Crippen molar-refractivity contribution in [2.24, 2.45) is 0 Å². The van der Waals surface area contributed by atoms with Crippen molar-refractivity contribution in [1.29, 1.82) is 0 Å². The number of carbonyl (C=O) groups excluding carboxylic acids is 2. The minimum atomic E-state index is -0.478. The lowest BCUT2D eigenvalue weighted by Crippen LogP contribution is -2.20. The van der Waals surface area contributed by atoms with Gasteiger partial charge in [0.25, 0.3) is 5.91 Å². The van der Waals surface area contributed by atoms with Crippen LogP contribution >= 0.6 is 22.9 Å². The average molecular weight is 338 g/mol. The van der Waals surface area contributed by atoms with Crippen LogP contribution in [-0.2, 0) is 16.0 Å². The number of nitrogens with one attached hydrogen (secondary N) is 1. The molecule has 0 bridgehead atoms. The number of halogens is 1. The molecule has 0 fully saturated rings. The lowest BCUT2D eigenvalue weighted by molar-refractivity contribution is -0.119. The third kappa shape index (κ3) is 4.32. The van der Waals surface area contributed by atoms with Gasteiger partial charge < -0.3 is 10.1 Å². The molecule has 1 aromatic carbocycles. The zero-order chi connectivity index (χ0) is 16.1. The molecule has 1 N–H and O–H groups in total. The maximum absolute atomic E-state index is 11.9. The number of benzene rings is 1. The summed E-state index contributed by atoms with van der Waals surface area (Å²) in [6.45, 7) is 3.66. The Morgan fingerprint density at radius 2 is 2.09 bits per heavy atom. The largest absolute Gasteiger partial charge is 0.451 e. The van der Waals surface area contributed by atoms with Gasteiger partial charge in [0.15, 0.2) is 6.61 Å². The maximum atomic E-state index is 11.9. The van der Waals surface area contributed by atoms with Gasteiger partial charge in [0.2, 0.25) is 0 Å². The molecule has 1 heterocycles. The summed E-state index contributed by atoms with van der Waals surface area (Å²) >= 11 is 7.23. The number of hydrogen-bond donors (Lipinski definition) is 1. The zero-order valence-electron chi connectivity index (χ0n) is 12.3. The molecule has 0 spiro atoms. The van der Waals surface area contributed by atoms with Crippen LogP contribution in [0.25, 0.3) is 0 Å². The van der Waals surface area contributed by atoms with E-state index in [9.17, 15) is 9.59 Å². The van der Waals surface area contributed by atoms with Gasteiger partial charge in [-0.3, -0.25) is 4.79 Å². The van der Waals surface area contributed by atoms with E-state index >= 15 is 0 Å². The van der Waals surface area contributed by atoms with Crippen molar-refractivity contribution in [1.82, 2.24) is 0 Å². The summed E-state index contributed by atoms with van der Waals surface area (Å²) < 4.78 is 5.03. The molecule has 0 atom stereocenters. The van der Waals surface area contributed by atoms with E-state index in [-0.39, 0.29) is 6.61 Å². The van der Waals surface area contributed by atoms with Crippen LogP contribution < -0.4 is 5.32 Å². The van der Waals surface area contributed by atoms with Crippen molar-refractivity contribution >= 4 is 40.5 Å². The Bertz CT molecular complexity index is 696. The van der Waals surface area contributed by atoms with Crippen molar-refractivity contribution in [2.75, 3.05) is 11.9 Å². The number of anilines is 1. The van der Waals surface area contributed by atoms with Crippen LogP contribution in [-0.4, -0.2) is 18.5 Å². The Labute approximate surface area is 138 Å². The normalized spacial score (nSPS) is 10.3. The first-order chi connectivity index (χ1) is 10.5. The fourth-order valence-electron chi connectivity index (χ4n) is 1.94. The Kier molecular flexibility index (Phi) is 5.57. The van der Waals surface area contributed by atoms with Crippen LogP contribution in [0.5, 0.6) is 0 Å². The van der Waals surface area contributed by atoms with E-state index in [2.05, 4.69) is 5.32 Å². The molecular formula is C16H16ClNO3S. The van der Waals surface area contributed by atoms with Gasteiger partial charge in [-0.1, -0.05) is 24.6 Å². The highest BCUT2D eigenvalue weighted by molar-refractivity contribution is 7.14. The van der Waals surface area contributed by atoms with Crippen molar-refractivity contribution in [3.05, 3.63) is 50.7 Å². The monoisotopic (exact) mass is 337 g/mol. The SMILES string of the molecule is CCc1sc(C(=O)OCC(=O)Nc2cccc(Cl)c2)cc1C. The Morgan fingerprint density at radius 1 is 1.32 bits per heavy atom. The molecular weight excluding hydrogens is 322 g/mol. The molecule has 22 heavy (non-hydrogen) atoms. The van der Waals surface area contributed by atoms with E-state index < -0.39 is 11.9 Å². The van der Waals surface area contributed by atoms with Crippen molar-refractivity contribution < 1.29 is 14.3 Å². The molecule has 2 aromatic rings. The summed E-state index contributed by atoms with van der Waals surface area (Å²) in [5, 5.41) is 3.14. The van der Waals surface area contributed by atoms with Gasteiger partial charge >= 0.3 is 5.97 Å². The third-order valence-corrected chi connectivity index (χ3v) is 4.58. The number of ether oxygens (including phenoxy) is 1. The van der Waals surface area contributed by atoms with Gasteiger partial charge in [0, 0.05) is 15.6 Å². The summed E-state index contributed by atoms with van der Waals surface area (Å²) in [5.41, 5.74) is 1.64. The maximum Gasteiger partial charge on any atom is 0.348 e. The highest BCUT2D eigenvalue weighted by Gasteiger charge is 2.14. The molecule has 0 aliphatic carbocycles. The Balaban J connectivity index is 1.89. The molecule has 0 aliphatic rings. The lowest BCUT2D eigenvalue weighted by atomic mass is 10.2. The first-order valence-electron chi connectivity index (χ1n) is 6.81. The van der Waals surface area contributed by atoms with Crippen LogP contribution in [0.4, 0.5) is 5.69 Å². The first-order valence-corrected chi connectivity index (χ1v) is 8.01. The number of rotatable bonds is 5. The highest BCUT2D eigenvalue weighted by Crippen LogP contribution is 2.23. The van der Waals surface area contributed by atoms with E-state index in [1.807, 2.05) is 13.8 Å². The molecule has 116 valence electrons. The van der Waals surface area contributed by atoms with E-state index in [1.54, 1.807) is 30.3 Å². The third-order valence-electron chi connectivity index (χ3n) is 2.99. The van der Waals surface area contributed by atoms with E-state index in [0.717, 1.165) is 16.9 Å². The summed E-state index contributed by atoms with van der Waals surface area (Å²) in [7, 11) is 0. The molecule has 0 radical (unpaired) electrons. The number of amides is 1. The van der Waals surface area contributed by atoms with Gasteiger partial charge in [0.1, 0.15) is 4.88 Å². The molecule has 0 aliphatic heterocycles. The Morgan fingerprint density at radius 3 is 2.73 bits per heavy atom. The van der Waals surface area contributed by atoms with Gasteiger partial charge in [-0.15, -0.1) is 11.3 Å². The Hall–Kier alpha value is -1.85. The van der Waals surface area contributed by atoms with E-state index in [0.29, 0.717) is 15.6 Å². The van der Waals surface area contributed by atoms with Crippen molar-refractivity contribution in [2.45, 2.75) is 20.3 Å². The number of aryl methyl sites for hydroxylation is 2. The second-order valence-corrected chi connectivity index (χ2v) is 6.28. The fraction of sp³-hybridized carbons (Fsp3) is 0.250. The predicted octanol–water partition coefficient (Wildman–Crippen LogP) is 4.07. The summed E-state index contributed by atoms with van der Waals surface area (Å²) in [6, 6.07) is 8.56. The van der Waals surface area contributed by atoms with Crippen LogP contribution in [0.15, 0.2) is 30.3 Å². The fourth-order valence-corrected chi connectivity index (χ4v) is 3.13. The smallest absolute Gasteiger partial charge is 0.348 e. The molecule has 2 rings (SSSR count). The van der Waals surface area contributed by atoms with Gasteiger partial charge in [-0.25, -0.2) is 4.79 Å². The average Bonchev–Trinajstić information content (AvgIpc) is 2.86.